The molecule has 0 heterocycles. The van der Waals surface area contributed by atoms with Crippen molar-refractivity contribution in [3.8, 4) is 0 Å². The lowest BCUT2D eigenvalue weighted by Crippen LogP contribution is -1.95. The van der Waals surface area contributed by atoms with Gasteiger partial charge in [-0.1, -0.05) is 12.1 Å². The highest BCUT2D eigenvalue weighted by Crippen LogP contribution is 2.19. The second-order valence-corrected chi connectivity index (χ2v) is 3.01. The molecule has 0 bridgehead atoms. The molecule has 1 rings (SSSR count). The number of hydrogen-bond acceptors (Lipinski definition) is 2. The summed E-state index contributed by atoms with van der Waals surface area (Å²) in [6, 6.07) is 5.09. The van der Waals surface area contributed by atoms with Crippen LogP contribution in [0, 0.1) is 23.6 Å². The molecule has 0 saturated heterocycles. The van der Waals surface area contributed by atoms with Crippen molar-refractivity contribution in [1.29, 1.82) is 0 Å². The Kier molecular flexibility index (Phi) is 3.19. The standard InChI is InChI=1S/C10H10N2O2/c1-8-3-4-9(5-6-11-2)7-10(8)12(13)14/h3-4,7H,5-6H2,1H3. The van der Waals surface area contributed by atoms with Crippen molar-refractivity contribution < 1.29 is 4.92 Å². The molecule has 72 valence electrons. The molecule has 4 heteroatoms. The number of nitro benzene ring substituents is 1. The normalized spacial score (nSPS) is 9.43. The summed E-state index contributed by atoms with van der Waals surface area (Å²) in [7, 11) is 0. The number of hydrogen-bond donors (Lipinski definition) is 0. The lowest BCUT2D eigenvalue weighted by Gasteiger charge is -1.99. The van der Waals surface area contributed by atoms with Gasteiger partial charge in [-0.3, -0.25) is 10.1 Å². The van der Waals surface area contributed by atoms with E-state index in [4.69, 9.17) is 6.57 Å². The summed E-state index contributed by atoms with van der Waals surface area (Å²) in [5.74, 6) is 0. The minimum absolute atomic E-state index is 0.132. The zero-order chi connectivity index (χ0) is 10.6. The van der Waals surface area contributed by atoms with Crippen LogP contribution in [-0.4, -0.2) is 11.5 Å². The number of aryl methyl sites for hydroxylation is 1. The van der Waals surface area contributed by atoms with Crippen molar-refractivity contribution in [1.82, 2.24) is 0 Å². The van der Waals surface area contributed by atoms with Gasteiger partial charge in [0.15, 0.2) is 0 Å². The minimum Gasteiger partial charge on any atom is -0.317 e. The lowest BCUT2D eigenvalue weighted by atomic mass is 10.1. The minimum atomic E-state index is -0.392. The molecule has 0 radical (unpaired) electrons. The molecule has 0 saturated carbocycles. The fourth-order valence-electron chi connectivity index (χ4n) is 1.19. The summed E-state index contributed by atoms with van der Waals surface area (Å²) in [5, 5.41) is 10.6. The molecule has 1 aromatic rings. The Morgan fingerprint density at radius 1 is 1.57 bits per heavy atom. The van der Waals surface area contributed by atoms with E-state index in [0.717, 1.165) is 5.56 Å². The third-order valence-electron chi connectivity index (χ3n) is 1.98. The van der Waals surface area contributed by atoms with Crippen LogP contribution in [0.1, 0.15) is 11.1 Å². The second-order valence-electron chi connectivity index (χ2n) is 3.01. The quantitative estimate of drug-likeness (QED) is 0.417. The van der Waals surface area contributed by atoms with Gasteiger partial charge in [-0.15, -0.1) is 0 Å². The van der Waals surface area contributed by atoms with E-state index in [9.17, 15) is 10.1 Å². The molecular formula is C10H10N2O2. The van der Waals surface area contributed by atoms with E-state index in [1.54, 1.807) is 19.1 Å². The topological polar surface area (TPSA) is 47.5 Å². The van der Waals surface area contributed by atoms with Crippen molar-refractivity contribution in [2.75, 3.05) is 6.54 Å². The van der Waals surface area contributed by atoms with Crippen LogP contribution in [0.2, 0.25) is 0 Å². The summed E-state index contributed by atoms with van der Waals surface area (Å²) in [6.07, 6.45) is 0.574. The van der Waals surface area contributed by atoms with Gasteiger partial charge in [0.05, 0.1) is 4.92 Å². The van der Waals surface area contributed by atoms with Crippen molar-refractivity contribution in [2.24, 2.45) is 0 Å². The average Bonchev–Trinajstić information content (AvgIpc) is 2.16. The summed E-state index contributed by atoms with van der Waals surface area (Å²) in [5.41, 5.74) is 1.63. The maximum atomic E-state index is 10.6. The highest BCUT2D eigenvalue weighted by atomic mass is 16.6. The van der Waals surface area contributed by atoms with Gasteiger partial charge in [-0.25, -0.2) is 6.57 Å². The van der Waals surface area contributed by atoms with E-state index < -0.39 is 4.92 Å². The van der Waals surface area contributed by atoms with Gasteiger partial charge in [0.1, 0.15) is 0 Å². The molecule has 0 aromatic heterocycles. The first-order valence-corrected chi connectivity index (χ1v) is 4.22. The van der Waals surface area contributed by atoms with Crippen LogP contribution in [-0.2, 0) is 6.42 Å². The highest BCUT2D eigenvalue weighted by molar-refractivity contribution is 5.42. The largest absolute Gasteiger partial charge is 0.317 e. The van der Waals surface area contributed by atoms with Gasteiger partial charge in [0, 0.05) is 18.1 Å². The third kappa shape index (κ3) is 2.30. The fourth-order valence-corrected chi connectivity index (χ4v) is 1.19. The first-order chi connectivity index (χ1) is 6.65. The molecular weight excluding hydrogens is 180 g/mol. The first-order valence-electron chi connectivity index (χ1n) is 4.22. The Hall–Kier alpha value is -1.89. The van der Waals surface area contributed by atoms with Crippen LogP contribution in [0.5, 0.6) is 0 Å². The molecule has 0 atom stereocenters. The molecule has 0 unspecified atom stereocenters. The molecule has 0 spiro atoms. The second kappa shape index (κ2) is 4.38. The summed E-state index contributed by atoms with van der Waals surface area (Å²) >= 11 is 0. The number of rotatable bonds is 3. The monoisotopic (exact) mass is 190 g/mol. The van der Waals surface area contributed by atoms with Gasteiger partial charge >= 0.3 is 0 Å². The van der Waals surface area contributed by atoms with Crippen LogP contribution in [0.3, 0.4) is 0 Å². The van der Waals surface area contributed by atoms with E-state index in [0.29, 0.717) is 18.5 Å². The summed E-state index contributed by atoms with van der Waals surface area (Å²) < 4.78 is 0. The fraction of sp³-hybridized carbons (Fsp3) is 0.300. The number of benzene rings is 1. The van der Waals surface area contributed by atoms with E-state index in [1.807, 2.05) is 6.07 Å². The van der Waals surface area contributed by atoms with Gasteiger partial charge in [0.25, 0.3) is 5.69 Å². The van der Waals surface area contributed by atoms with Gasteiger partial charge in [-0.05, 0) is 12.5 Å². The molecule has 0 fully saturated rings. The van der Waals surface area contributed by atoms with Gasteiger partial charge < -0.3 is 4.85 Å². The predicted molar refractivity (Wildman–Crippen MR) is 53.0 cm³/mol. The average molecular weight is 190 g/mol. The van der Waals surface area contributed by atoms with Crippen LogP contribution in [0.15, 0.2) is 18.2 Å². The molecule has 0 aliphatic carbocycles. The Balaban J connectivity index is 2.96. The lowest BCUT2D eigenvalue weighted by molar-refractivity contribution is -0.385. The smallest absolute Gasteiger partial charge is 0.272 e. The zero-order valence-electron chi connectivity index (χ0n) is 7.86. The van der Waals surface area contributed by atoms with Crippen molar-refractivity contribution in [3.63, 3.8) is 0 Å². The number of nitro groups is 1. The predicted octanol–water partition coefficient (Wildman–Crippen LogP) is 2.37. The zero-order valence-corrected chi connectivity index (χ0v) is 7.86. The Morgan fingerprint density at radius 3 is 2.86 bits per heavy atom. The molecule has 0 aliphatic heterocycles. The summed E-state index contributed by atoms with van der Waals surface area (Å²) in [4.78, 5) is 13.4. The van der Waals surface area contributed by atoms with E-state index in [1.165, 1.54) is 0 Å². The van der Waals surface area contributed by atoms with Gasteiger partial charge in [-0.2, -0.15) is 0 Å². The molecule has 0 aliphatic rings. The SMILES string of the molecule is [C-]#[N+]CCc1ccc(C)c([N+](=O)[O-])c1. The van der Waals surface area contributed by atoms with Gasteiger partial charge in [0.2, 0.25) is 6.54 Å². The van der Waals surface area contributed by atoms with Crippen LogP contribution >= 0.6 is 0 Å². The van der Waals surface area contributed by atoms with Crippen LogP contribution in [0.25, 0.3) is 4.85 Å². The molecule has 1 aromatic carbocycles. The van der Waals surface area contributed by atoms with Crippen molar-refractivity contribution in [3.05, 3.63) is 50.9 Å². The molecule has 0 amide bonds. The maximum absolute atomic E-state index is 10.6. The first kappa shape index (κ1) is 10.2. The Bertz CT molecular complexity index is 394. The Labute approximate surface area is 82.1 Å². The Morgan fingerprint density at radius 2 is 2.29 bits per heavy atom. The summed E-state index contributed by atoms with van der Waals surface area (Å²) in [6.45, 7) is 8.70. The van der Waals surface area contributed by atoms with E-state index in [-0.39, 0.29) is 5.69 Å². The molecule has 14 heavy (non-hydrogen) atoms. The van der Waals surface area contributed by atoms with Crippen molar-refractivity contribution >= 4 is 5.69 Å². The van der Waals surface area contributed by atoms with Crippen molar-refractivity contribution in [2.45, 2.75) is 13.3 Å². The van der Waals surface area contributed by atoms with E-state index >= 15 is 0 Å². The van der Waals surface area contributed by atoms with Crippen LogP contribution in [0.4, 0.5) is 5.69 Å². The molecule has 4 nitrogen and oxygen atoms in total. The van der Waals surface area contributed by atoms with Crippen LogP contribution < -0.4 is 0 Å². The number of nitrogens with zero attached hydrogens (tertiary/aromatic N) is 2. The maximum Gasteiger partial charge on any atom is 0.272 e. The highest BCUT2D eigenvalue weighted by Gasteiger charge is 2.10. The third-order valence-corrected chi connectivity index (χ3v) is 1.98. The molecule has 0 N–H and O–H groups in total. The van der Waals surface area contributed by atoms with E-state index in [2.05, 4.69) is 4.85 Å².